The molecule has 0 atom stereocenters. The molecule has 0 aliphatic heterocycles. The van der Waals surface area contributed by atoms with Crippen molar-refractivity contribution in [2.75, 3.05) is 19.5 Å². The van der Waals surface area contributed by atoms with Gasteiger partial charge in [0.05, 0.1) is 0 Å². The Morgan fingerprint density at radius 1 is 1.42 bits per heavy atom. The van der Waals surface area contributed by atoms with Gasteiger partial charge in [-0.05, 0) is 13.0 Å². The molecule has 0 N–H and O–H groups in total. The van der Waals surface area contributed by atoms with Crippen LogP contribution >= 0.6 is 15.9 Å². The summed E-state index contributed by atoms with van der Waals surface area (Å²) in [5.74, 6) is 0. The quantitative estimate of drug-likeness (QED) is 0.414. The highest BCUT2D eigenvalue weighted by Crippen LogP contribution is 2.01. The van der Waals surface area contributed by atoms with Crippen LogP contribution in [0.25, 0.3) is 0 Å². The first-order valence-corrected chi connectivity index (χ1v) is 4.83. The van der Waals surface area contributed by atoms with E-state index in [4.69, 9.17) is 9.47 Å². The Morgan fingerprint density at radius 3 is 2.42 bits per heavy atom. The van der Waals surface area contributed by atoms with Crippen LogP contribution in [-0.2, 0) is 9.47 Å². The summed E-state index contributed by atoms with van der Waals surface area (Å²) in [4.78, 5) is 0. The van der Waals surface area contributed by atoms with Crippen molar-refractivity contribution in [1.82, 2.24) is 0 Å². The van der Waals surface area contributed by atoms with Gasteiger partial charge in [-0.3, -0.25) is 0 Å². The van der Waals surface area contributed by atoms with E-state index in [0.717, 1.165) is 10.9 Å². The molecule has 3 heteroatoms. The summed E-state index contributed by atoms with van der Waals surface area (Å²) in [7, 11) is 3.23. The third-order valence-electron chi connectivity index (χ3n) is 1.33. The first-order valence-electron chi connectivity index (χ1n) is 3.71. The number of halogens is 1. The zero-order valence-corrected chi connectivity index (χ0v) is 9.30. The van der Waals surface area contributed by atoms with Crippen molar-refractivity contribution >= 4 is 15.9 Å². The lowest BCUT2D eigenvalue weighted by Gasteiger charge is -2.08. The van der Waals surface area contributed by atoms with Crippen molar-refractivity contribution in [2.24, 2.45) is 0 Å². The van der Waals surface area contributed by atoms with Crippen molar-refractivity contribution in [3.05, 3.63) is 23.8 Å². The lowest BCUT2D eigenvalue weighted by atomic mass is 10.2. The average Bonchev–Trinajstić information content (AvgIpc) is 2.10. The van der Waals surface area contributed by atoms with Gasteiger partial charge in [0.2, 0.25) is 0 Å². The minimum atomic E-state index is -0.245. The van der Waals surface area contributed by atoms with Gasteiger partial charge in [-0.1, -0.05) is 33.7 Å². The van der Waals surface area contributed by atoms with Crippen molar-refractivity contribution in [1.29, 1.82) is 0 Å². The van der Waals surface area contributed by atoms with Gasteiger partial charge in [0.15, 0.2) is 6.29 Å². The molecule has 2 nitrogen and oxygen atoms in total. The Bertz CT molecular complexity index is 160. The van der Waals surface area contributed by atoms with Crippen LogP contribution in [0.3, 0.4) is 0 Å². The van der Waals surface area contributed by atoms with Gasteiger partial charge in [0.25, 0.3) is 0 Å². The summed E-state index contributed by atoms with van der Waals surface area (Å²) in [5, 5.41) is 0.864. The van der Waals surface area contributed by atoms with Crippen LogP contribution in [-0.4, -0.2) is 25.8 Å². The van der Waals surface area contributed by atoms with E-state index in [1.165, 1.54) is 0 Å². The molecule has 0 aromatic carbocycles. The van der Waals surface area contributed by atoms with Gasteiger partial charge >= 0.3 is 0 Å². The maximum Gasteiger partial charge on any atom is 0.176 e. The van der Waals surface area contributed by atoms with Crippen molar-refractivity contribution in [3.63, 3.8) is 0 Å². The third-order valence-corrected chi connectivity index (χ3v) is 1.71. The number of hydrogen-bond donors (Lipinski definition) is 0. The molecule has 0 heterocycles. The van der Waals surface area contributed by atoms with Crippen molar-refractivity contribution < 1.29 is 9.47 Å². The van der Waals surface area contributed by atoms with E-state index in [1.807, 2.05) is 25.2 Å². The summed E-state index contributed by atoms with van der Waals surface area (Å²) in [5.41, 5.74) is 1.13. The van der Waals surface area contributed by atoms with Crippen LogP contribution in [0.1, 0.15) is 6.92 Å². The van der Waals surface area contributed by atoms with E-state index < -0.39 is 0 Å². The number of rotatable bonds is 5. The normalized spacial score (nSPS) is 13.2. The minimum Gasteiger partial charge on any atom is -0.352 e. The largest absolute Gasteiger partial charge is 0.352 e. The van der Waals surface area contributed by atoms with Gasteiger partial charge in [0.1, 0.15) is 0 Å². The van der Waals surface area contributed by atoms with Crippen molar-refractivity contribution in [2.45, 2.75) is 13.2 Å². The van der Waals surface area contributed by atoms with E-state index in [-0.39, 0.29) is 6.29 Å². The van der Waals surface area contributed by atoms with Crippen LogP contribution in [0.2, 0.25) is 0 Å². The molecule has 0 radical (unpaired) electrons. The number of hydrogen-bond acceptors (Lipinski definition) is 2. The fourth-order valence-corrected chi connectivity index (χ4v) is 0.920. The predicted octanol–water partition coefficient (Wildman–Crippen LogP) is 2.50. The second-order valence-electron chi connectivity index (χ2n) is 2.31. The summed E-state index contributed by atoms with van der Waals surface area (Å²) >= 11 is 3.30. The van der Waals surface area contributed by atoms with E-state index in [1.54, 1.807) is 14.2 Å². The highest BCUT2D eigenvalue weighted by Gasteiger charge is 1.98. The Labute approximate surface area is 82.4 Å². The lowest BCUT2D eigenvalue weighted by molar-refractivity contribution is -0.0669. The molecule has 0 aliphatic rings. The van der Waals surface area contributed by atoms with Crippen LogP contribution in [0.15, 0.2) is 23.8 Å². The topological polar surface area (TPSA) is 18.5 Å². The van der Waals surface area contributed by atoms with E-state index in [2.05, 4.69) is 15.9 Å². The highest BCUT2D eigenvalue weighted by molar-refractivity contribution is 9.09. The first kappa shape index (κ1) is 11.9. The molecule has 0 aromatic rings. The second kappa shape index (κ2) is 7.53. The van der Waals surface area contributed by atoms with E-state index in [9.17, 15) is 0 Å². The first-order chi connectivity index (χ1) is 5.74. The Balaban J connectivity index is 4.03. The smallest absolute Gasteiger partial charge is 0.176 e. The fraction of sp³-hybridized carbons (Fsp3) is 0.556. The minimum absolute atomic E-state index is 0.245. The molecule has 0 bridgehead atoms. The molecular weight excluding hydrogens is 220 g/mol. The fourth-order valence-electron chi connectivity index (χ4n) is 0.733. The van der Waals surface area contributed by atoms with Gasteiger partial charge < -0.3 is 9.47 Å². The molecule has 0 aromatic heterocycles. The molecule has 70 valence electrons. The molecule has 0 amide bonds. The van der Waals surface area contributed by atoms with Gasteiger partial charge in [-0.15, -0.1) is 0 Å². The molecular formula is C9H15BrO2. The van der Waals surface area contributed by atoms with Gasteiger partial charge in [0, 0.05) is 19.5 Å². The Kier molecular flexibility index (Phi) is 7.45. The summed E-state index contributed by atoms with van der Waals surface area (Å²) in [6, 6.07) is 0. The molecule has 0 saturated heterocycles. The maximum absolute atomic E-state index is 5.01. The van der Waals surface area contributed by atoms with Gasteiger partial charge in [-0.2, -0.15) is 0 Å². The molecule has 0 rings (SSSR count). The number of ether oxygens (including phenoxy) is 2. The number of methoxy groups -OCH3 is 2. The second-order valence-corrected chi connectivity index (χ2v) is 2.95. The average molecular weight is 235 g/mol. The van der Waals surface area contributed by atoms with Crippen LogP contribution < -0.4 is 0 Å². The summed E-state index contributed by atoms with van der Waals surface area (Å²) in [6.45, 7) is 2.00. The Morgan fingerprint density at radius 2 is 2.00 bits per heavy atom. The summed E-state index contributed by atoms with van der Waals surface area (Å²) in [6.07, 6.45) is 5.71. The monoisotopic (exact) mass is 234 g/mol. The zero-order chi connectivity index (χ0) is 9.40. The predicted molar refractivity (Wildman–Crippen MR) is 54.5 cm³/mol. The maximum atomic E-state index is 5.01. The standard InChI is InChI=1S/C9H15BrO2/c1-8(5-4-6-10)7-9(11-2)12-3/h4-5,7,9H,6H2,1-3H3. The molecule has 0 spiro atoms. The Hall–Kier alpha value is -0.120. The van der Waals surface area contributed by atoms with E-state index >= 15 is 0 Å². The molecule has 0 aliphatic carbocycles. The lowest BCUT2D eigenvalue weighted by Crippen LogP contribution is -2.09. The molecule has 0 fully saturated rings. The zero-order valence-electron chi connectivity index (χ0n) is 7.71. The number of alkyl halides is 1. The van der Waals surface area contributed by atoms with E-state index in [0.29, 0.717) is 0 Å². The highest BCUT2D eigenvalue weighted by atomic mass is 79.9. The summed E-state index contributed by atoms with van der Waals surface area (Å²) < 4.78 is 10.0. The van der Waals surface area contributed by atoms with Crippen LogP contribution in [0, 0.1) is 0 Å². The SMILES string of the molecule is COC(C=C(C)C=CCBr)OC. The molecule has 0 unspecified atom stereocenters. The third kappa shape index (κ3) is 5.52. The molecule has 12 heavy (non-hydrogen) atoms. The van der Waals surface area contributed by atoms with Gasteiger partial charge in [-0.25, -0.2) is 0 Å². The van der Waals surface area contributed by atoms with Crippen LogP contribution in [0.4, 0.5) is 0 Å². The van der Waals surface area contributed by atoms with Crippen LogP contribution in [0.5, 0.6) is 0 Å². The van der Waals surface area contributed by atoms with Crippen molar-refractivity contribution in [3.8, 4) is 0 Å². The number of allylic oxidation sites excluding steroid dienone is 3. The molecule has 0 saturated carbocycles.